The first-order chi connectivity index (χ1) is 11.5. The predicted molar refractivity (Wildman–Crippen MR) is 95.1 cm³/mol. The molecule has 3 amide bonds. The Morgan fingerprint density at radius 2 is 2.12 bits per heavy atom. The third kappa shape index (κ3) is 4.85. The van der Waals surface area contributed by atoms with Crippen LogP contribution in [0.5, 0.6) is 0 Å². The molecule has 0 aromatic heterocycles. The van der Waals surface area contributed by atoms with Crippen LogP contribution >= 0.6 is 23.5 Å². The van der Waals surface area contributed by atoms with Crippen molar-refractivity contribution in [3.05, 3.63) is 40.6 Å². The Labute approximate surface area is 148 Å². The molecule has 1 N–H and O–H groups in total. The van der Waals surface area contributed by atoms with Crippen LogP contribution in [-0.4, -0.2) is 47.1 Å². The molecular formula is C16H17FN2O3S2. The Bertz CT molecular complexity index is 679. The fraction of sp³-hybridized carbons (Fsp3) is 0.312. The number of rotatable bonds is 7. The van der Waals surface area contributed by atoms with Crippen LogP contribution in [0.25, 0.3) is 6.08 Å². The maximum Gasteiger partial charge on any atom is 0.293 e. The Balaban J connectivity index is 1.94. The minimum Gasteiger partial charge on any atom is -0.354 e. The van der Waals surface area contributed by atoms with E-state index in [1.165, 1.54) is 18.2 Å². The lowest BCUT2D eigenvalue weighted by atomic mass is 10.2. The molecule has 1 aliphatic heterocycles. The van der Waals surface area contributed by atoms with Crippen LogP contribution in [0.2, 0.25) is 0 Å². The quantitative estimate of drug-likeness (QED) is 0.750. The zero-order valence-corrected chi connectivity index (χ0v) is 14.7. The zero-order valence-electron chi connectivity index (χ0n) is 13.1. The molecule has 1 aliphatic rings. The molecule has 0 saturated carbocycles. The van der Waals surface area contributed by atoms with Gasteiger partial charge < -0.3 is 5.32 Å². The van der Waals surface area contributed by atoms with Gasteiger partial charge in [0.1, 0.15) is 5.82 Å². The lowest BCUT2D eigenvalue weighted by molar-refractivity contribution is -0.124. The van der Waals surface area contributed by atoms with E-state index in [1.807, 2.05) is 6.26 Å². The molecule has 1 saturated heterocycles. The average molecular weight is 368 g/mol. The van der Waals surface area contributed by atoms with Gasteiger partial charge in [-0.25, -0.2) is 4.39 Å². The third-order valence-electron chi connectivity index (χ3n) is 3.26. The minimum atomic E-state index is -0.466. The van der Waals surface area contributed by atoms with Crippen LogP contribution in [0.15, 0.2) is 29.2 Å². The van der Waals surface area contributed by atoms with E-state index in [-0.39, 0.29) is 29.5 Å². The van der Waals surface area contributed by atoms with Gasteiger partial charge in [-0.2, -0.15) is 11.8 Å². The summed E-state index contributed by atoms with van der Waals surface area (Å²) in [4.78, 5) is 36.9. The Morgan fingerprint density at radius 3 is 2.83 bits per heavy atom. The number of nitrogens with zero attached hydrogens (tertiary/aromatic N) is 1. The molecule has 0 unspecified atom stereocenters. The fourth-order valence-electron chi connectivity index (χ4n) is 2.02. The van der Waals surface area contributed by atoms with Crippen molar-refractivity contribution >= 4 is 46.7 Å². The lowest BCUT2D eigenvalue weighted by Gasteiger charge is -2.12. The van der Waals surface area contributed by atoms with Crippen molar-refractivity contribution in [3.63, 3.8) is 0 Å². The van der Waals surface area contributed by atoms with Gasteiger partial charge in [0.15, 0.2) is 0 Å². The van der Waals surface area contributed by atoms with Crippen molar-refractivity contribution in [2.75, 3.05) is 25.1 Å². The molecule has 128 valence electrons. The van der Waals surface area contributed by atoms with Gasteiger partial charge in [0, 0.05) is 30.8 Å². The number of hydrogen-bond donors (Lipinski definition) is 1. The number of halogens is 1. The molecule has 0 spiro atoms. The van der Waals surface area contributed by atoms with Crippen molar-refractivity contribution in [1.29, 1.82) is 0 Å². The van der Waals surface area contributed by atoms with Crippen LogP contribution in [-0.2, 0) is 9.59 Å². The van der Waals surface area contributed by atoms with Crippen molar-refractivity contribution < 1.29 is 18.8 Å². The first-order valence-corrected chi connectivity index (χ1v) is 9.49. The van der Waals surface area contributed by atoms with E-state index >= 15 is 0 Å². The SMILES string of the molecule is CSCCC(=O)NCCN1C(=O)S/C(=C\c2ccccc2F)C1=O. The summed E-state index contributed by atoms with van der Waals surface area (Å²) in [6.07, 6.45) is 3.68. The van der Waals surface area contributed by atoms with Crippen molar-refractivity contribution in [2.24, 2.45) is 0 Å². The van der Waals surface area contributed by atoms with E-state index in [1.54, 1.807) is 23.9 Å². The monoisotopic (exact) mass is 368 g/mol. The molecule has 8 heteroatoms. The highest BCUT2D eigenvalue weighted by molar-refractivity contribution is 8.18. The van der Waals surface area contributed by atoms with E-state index in [0.717, 1.165) is 22.4 Å². The first kappa shape index (κ1) is 18.5. The largest absolute Gasteiger partial charge is 0.354 e. The summed E-state index contributed by atoms with van der Waals surface area (Å²) in [5.74, 6) is -0.311. The number of imide groups is 1. The first-order valence-electron chi connectivity index (χ1n) is 7.28. The summed E-state index contributed by atoms with van der Waals surface area (Å²) in [5, 5.41) is 2.26. The summed E-state index contributed by atoms with van der Waals surface area (Å²) in [6.45, 7) is 0.308. The number of carbonyl (C=O) groups is 3. The van der Waals surface area contributed by atoms with Crippen molar-refractivity contribution in [3.8, 4) is 0 Å². The highest BCUT2D eigenvalue weighted by atomic mass is 32.2. The normalized spacial score (nSPS) is 16.1. The molecule has 1 heterocycles. The molecule has 24 heavy (non-hydrogen) atoms. The highest BCUT2D eigenvalue weighted by Crippen LogP contribution is 2.32. The Hall–Kier alpha value is -1.80. The topological polar surface area (TPSA) is 66.5 Å². The maximum atomic E-state index is 13.6. The molecule has 1 aromatic rings. The zero-order chi connectivity index (χ0) is 17.5. The van der Waals surface area contributed by atoms with E-state index in [4.69, 9.17) is 0 Å². The minimum absolute atomic E-state index is 0.101. The molecule has 2 rings (SSSR count). The van der Waals surface area contributed by atoms with Crippen molar-refractivity contribution in [1.82, 2.24) is 10.2 Å². The summed E-state index contributed by atoms with van der Waals surface area (Å²) in [6, 6.07) is 6.04. The van der Waals surface area contributed by atoms with Crippen LogP contribution in [0.1, 0.15) is 12.0 Å². The summed E-state index contributed by atoms with van der Waals surface area (Å²) < 4.78 is 13.6. The molecule has 0 radical (unpaired) electrons. The Kier molecular flexibility index (Phi) is 6.86. The summed E-state index contributed by atoms with van der Waals surface area (Å²) >= 11 is 2.34. The second kappa shape index (κ2) is 8.89. The molecule has 1 fully saturated rings. The van der Waals surface area contributed by atoms with Gasteiger partial charge in [-0.3, -0.25) is 19.3 Å². The summed E-state index contributed by atoms with van der Waals surface area (Å²) in [5.41, 5.74) is 0.258. The van der Waals surface area contributed by atoms with E-state index in [2.05, 4.69) is 5.32 Å². The number of benzene rings is 1. The molecule has 0 aliphatic carbocycles. The van der Waals surface area contributed by atoms with E-state index in [0.29, 0.717) is 6.42 Å². The molecule has 0 bridgehead atoms. The molecule has 1 aromatic carbocycles. The Morgan fingerprint density at radius 1 is 1.38 bits per heavy atom. The second-order valence-corrected chi connectivity index (χ2v) is 6.93. The van der Waals surface area contributed by atoms with Gasteiger partial charge in [-0.1, -0.05) is 18.2 Å². The van der Waals surface area contributed by atoms with Crippen LogP contribution in [0.4, 0.5) is 9.18 Å². The smallest absolute Gasteiger partial charge is 0.293 e. The van der Waals surface area contributed by atoms with Gasteiger partial charge in [0.05, 0.1) is 4.91 Å². The van der Waals surface area contributed by atoms with Crippen molar-refractivity contribution in [2.45, 2.75) is 6.42 Å². The third-order valence-corrected chi connectivity index (χ3v) is 4.78. The maximum absolute atomic E-state index is 13.6. The summed E-state index contributed by atoms with van der Waals surface area (Å²) in [7, 11) is 0. The number of amides is 3. The van der Waals surface area contributed by atoms with Gasteiger partial charge >= 0.3 is 0 Å². The lowest BCUT2D eigenvalue weighted by Crippen LogP contribution is -2.37. The number of nitrogens with one attached hydrogen (secondary N) is 1. The van der Waals surface area contributed by atoms with Gasteiger partial charge in [-0.15, -0.1) is 0 Å². The number of hydrogen-bond acceptors (Lipinski definition) is 5. The van der Waals surface area contributed by atoms with E-state index in [9.17, 15) is 18.8 Å². The standard InChI is InChI=1S/C16H17FN2O3S2/c1-23-9-6-14(20)18-7-8-19-15(21)13(24-16(19)22)10-11-4-2-3-5-12(11)17/h2-5,10H,6-9H2,1H3,(H,18,20)/b13-10-. The average Bonchev–Trinajstić information content (AvgIpc) is 2.82. The molecule has 5 nitrogen and oxygen atoms in total. The number of thioether (sulfide) groups is 2. The molecule has 0 atom stereocenters. The van der Waals surface area contributed by atoms with Crippen LogP contribution in [0, 0.1) is 5.82 Å². The number of carbonyl (C=O) groups excluding carboxylic acids is 3. The van der Waals surface area contributed by atoms with Gasteiger partial charge in [0.25, 0.3) is 11.1 Å². The fourth-order valence-corrected chi connectivity index (χ4v) is 3.26. The second-order valence-electron chi connectivity index (χ2n) is 4.95. The predicted octanol–water partition coefficient (Wildman–Crippen LogP) is 2.73. The van der Waals surface area contributed by atoms with E-state index < -0.39 is 17.0 Å². The molecular weight excluding hydrogens is 351 g/mol. The van der Waals surface area contributed by atoms with Crippen LogP contribution in [0.3, 0.4) is 0 Å². The van der Waals surface area contributed by atoms with Crippen LogP contribution < -0.4 is 5.32 Å². The highest BCUT2D eigenvalue weighted by Gasteiger charge is 2.34. The van der Waals surface area contributed by atoms with Gasteiger partial charge in [0.2, 0.25) is 5.91 Å². The van der Waals surface area contributed by atoms with Gasteiger partial charge in [-0.05, 0) is 30.2 Å².